The van der Waals surface area contributed by atoms with E-state index in [4.69, 9.17) is 15.7 Å². The fourth-order valence-electron chi connectivity index (χ4n) is 1.15. The normalized spacial score (nSPS) is 18.1. The van der Waals surface area contributed by atoms with Crippen LogP contribution in [0.25, 0.3) is 0 Å². The molecule has 0 spiro atoms. The lowest BCUT2D eigenvalue weighted by Gasteiger charge is -2.04. The fraction of sp³-hybridized carbons (Fsp3) is 0.200. The summed E-state index contributed by atoms with van der Waals surface area (Å²) in [5.41, 5.74) is 6.09. The number of anilines is 1. The van der Waals surface area contributed by atoms with Crippen LogP contribution in [-0.2, 0) is 0 Å². The lowest BCUT2D eigenvalue weighted by atomic mass is 10.3. The summed E-state index contributed by atoms with van der Waals surface area (Å²) in [5.74, 6) is 0.429. The molecule has 15 heavy (non-hydrogen) atoms. The molecule has 5 nitrogen and oxygen atoms in total. The van der Waals surface area contributed by atoms with Crippen molar-refractivity contribution >= 4 is 11.8 Å². The van der Waals surface area contributed by atoms with E-state index in [0.717, 1.165) is 0 Å². The summed E-state index contributed by atoms with van der Waals surface area (Å²) in [6, 6.07) is 8.15. The van der Waals surface area contributed by atoms with Gasteiger partial charge in [-0.25, -0.2) is 4.79 Å². The van der Waals surface area contributed by atoms with Crippen LogP contribution in [0.5, 0.6) is 5.75 Å². The molecule has 1 saturated heterocycles. The van der Waals surface area contributed by atoms with Gasteiger partial charge in [0.15, 0.2) is 0 Å². The van der Waals surface area contributed by atoms with Crippen molar-refractivity contribution in [2.75, 3.05) is 12.3 Å². The molecular formula is C10H9N3O2. The van der Waals surface area contributed by atoms with Crippen molar-refractivity contribution in [2.24, 2.45) is 0 Å². The Hall–Kier alpha value is -2.22. The minimum absolute atomic E-state index is 0.328. The predicted octanol–water partition coefficient (Wildman–Crippen LogP) is 0.975. The van der Waals surface area contributed by atoms with Gasteiger partial charge in [0.2, 0.25) is 0 Å². The third-order valence-electron chi connectivity index (χ3n) is 2.08. The number of carbonyl (C=O) groups is 1. The predicted molar refractivity (Wildman–Crippen MR) is 53.0 cm³/mol. The first-order chi connectivity index (χ1) is 7.20. The van der Waals surface area contributed by atoms with E-state index in [-0.39, 0.29) is 6.04 Å². The largest absolute Gasteiger partial charge is 0.416 e. The van der Waals surface area contributed by atoms with Gasteiger partial charge in [-0.05, 0) is 24.3 Å². The van der Waals surface area contributed by atoms with Crippen LogP contribution in [0.2, 0.25) is 0 Å². The van der Waals surface area contributed by atoms with Crippen LogP contribution >= 0.6 is 0 Å². The molecule has 1 aromatic rings. The maximum absolute atomic E-state index is 11.4. The second kappa shape index (κ2) is 3.50. The third kappa shape index (κ3) is 1.99. The molecule has 0 bridgehead atoms. The Labute approximate surface area is 86.7 Å². The molecular weight excluding hydrogens is 194 g/mol. The lowest BCUT2D eigenvalue weighted by molar-refractivity contribution is 0.184. The monoisotopic (exact) mass is 203 g/mol. The molecule has 1 amide bonds. The second-order valence-corrected chi connectivity index (χ2v) is 3.23. The highest BCUT2D eigenvalue weighted by Gasteiger charge is 2.40. The van der Waals surface area contributed by atoms with E-state index < -0.39 is 6.09 Å². The molecule has 76 valence electrons. The van der Waals surface area contributed by atoms with E-state index in [1.54, 1.807) is 24.3 Å². The Morgan fingerprint density at radius 2 is 2.20 bits per heavy atom. The summed E-state index contributed by atoms with van der Waals surface area (Å²) < 4.78 is 5.01. The number of nitrogens with two attached hydrogens (primary N) is 1. The number of nitriles is 1. The number of benzene rings is 1. The quantitative estimate of drug-likeness (QED) is 0.545. The highest BCUT2D eigenvalue weighted by atomic mass is 16.6. The summed E-state index contributed by atoms with van der Waals surface area (Å²) in [6.45, 7) is 0.449. The first-order valence-corrected chi connectivity index (χ1v) is 4.44. The van der Waals surface area contributed by atoms with E-state index in [1.165, 1.54) is 4.90 Å². The zero-order valence-corrected chi connectivity index (χ0v) is 7.88. The highest BCUT2D eigenvalue weighted by Crippen LogP contribution is 2.20. The zero-order valence-electron chi connectivity index (χ0n) is 7.88. The summed E-state index contributed by atoms with van der Waals surface area (Å²) in [5, 5.41) is 8.51. The molecule has 0 aromatic heterocycles. The number of rotatable bonds is 1. The average Bonchev–Trinajstić information content (AvgIpc) is 3.00. The van der Waals surface area contributed by atoms with Crippen molar-refractivity contribution in [2.45, 2.75) is 6.04 Å². The van der Waals surface area contributed by atoms with Gasteiger partial charge in [-0.15, -0.1) is 0 Å². The highest BCUT2D eigenvalue weighted by molar-refractivity contribution is 5.74. The van der Waals surface area contributed by atoms with Gasteiger partial charge in [0, 0.05) is 5.69 Å². The topological polar surface area (TPSA) is 79.1 Å². The maximum Gasteiger partial charge on any atom is 0.416 e. The first kappa shape index (κ1) is 9.34. The minimum Gasteiger partial charge on any atom is -0.410 e. The minimum atomic E-state index is -0.494. The summed E-state index contributed by atoms with van der Waals surface area (Å²) in [4.78, 5) is 12.7. The molecule has 1 aliphatic heterocycles. The third-order valence-corrected chi connectivity index (χ3v) is 2.08. The van der Waals surface area contributed by atoms with Crippen molar-refractivity contribution in [3.8, 4) is 11.8 Å². The Bertz CT molecular complexity index is 421. The summed E-state index contributed by atoms with van der Waals surface area (Å²) >= 11 is 0. The number of nitrogen functional groups attached to an aromatic ring is 1. The van der Waals surface area contributed by atoms with Crippen molar-refractivity contribution in [1.82, 2.24) is 4.90 Å². The van der Waals surface area contributed by atoms with Crippen LogP contribution < -0.4 is 10.5 Å². The summed E-state index contributed by atoms with van der Waals surface area (Å²) in [7, 11) is 0. The number of hydrogen-bond donors (Lipinski definition) is 1. The number of ether oxygens (including phenoxy) is 1. The van der Waals surface area contributed by atoms with Crippen molar-refractivity contribution in [1.29, 1.82) is 5.26 Å². The standard InChI is InChI=1S/C10H9N3O2/c11-5-8-6-13(8)10(14)15-9-3-1-7(12)2-4-9/h1-4,8H,6,12H2. The summed E-state index contributed by atoms with van der Waals surface area (Å²) in [6.07, 6.45) is -0.494. The molecule has 2 N–H and O–H groups in total. The van der Waals surface area contributed by atoms with Crippen LogP contribution in [0.1, 0.15) is 0 Å². The Balaban J connectivity index is 1.96. The molecule has 0 aliphatic carbocycles. The van der Waals surface area contributed by atoms with Gasteiger partial charge in [-0.1, -0.05) is 0 Å². The molecule has 1 unspecified atom stereocenters. The first-order valence-electron chi connectivity index (χ1n) is 4.44. The lowest BCUT2D eigenvalue weighted by Crippen LogP contribution is -2.17. The van der Waals surface area contributed by atoms with E-state index in [9.17, 15) is 4.79 Å². The van der Waals surface area contributed by atoms with Gasteiger partial charge in [0.25, 0.3) is 0 Å². The number of carbonyl (C=O) groups excluding carboxylic acids is 1. The Morgan fingerprint density at radius 1 is 1.53 bits per heavy atom. The van der Waals surface area contributed by atoms with E-state index in [0.29, 0.717) is 18.0 Å². The Morgan fingerprint density at radius 3 is 2.73 bits per heavy atom. The van der Waals surface area contributed by atoms with Crippen LogP contribution in [0.15, 0.2) is 24.3 Å². The maximum atomic E-state index is 11.4. The van der Waals surface area contributed by atoms with Gasteiger partial charge in [0.05, 0.1) is 12.6 Å². The number of amides is 1. The van der Waals surface area contributed by atoms with Gasteiger partial charge in [-0.2, -0.15) is 5.26 Å². The van der Waals surface area contributed by atoms with Crippen molar-refractivity contribution in [3.63, 3.8) is 0 Å². The molecule has 1 atom stereocenters. The second-order valence-electron chi connectivity index (χ2n) is 3.23. The molecule has 1 aliphatic rings. The molecule has 2 rings (SSSR count). The van der Waals surface area contributed by atoms with E-state index >= 15 is 0 Å². The molecule has 5 heteroatoms. The van der Waals surface area contributed by atoms with Gasteiger partial charge in [-0.3, -0.25) is 4.90 Å². The Kier molecular flexibility index (Phi) is 2.18. The fourth-order valence-corrected chi connectivity index (χ4v) is 1.15. The molecule has 0 saturated carbocycles. The van der Waals surface area contributed by atoms with Crippen LogP contribution in [-0.4, -0.2) is 23.6 Å². The van der Waals surface area contributed by atoms with Crippen LogP contribution in [0, 0.1) is 11.3 Å². The zero-order chi connectivity index (χ0) is 10.8. The number of hydrogen-bond acceptors (Lipinski definition) is 4. The van der Waals surface area contributed by atoms with Crippen molar-refractivity contribution in [3.05, 3.63) is 24.3 Å². The van der Waals surface area contributed by atoms with Gasteiger partial charge in [0.1, 0.15) is 11.8 Å². The average molecular weight is 203 g/mol. The smallest absolute Gasteiger partial charge is 0.410 e. The van der Waals surface area contributed by atoms with Crippen molar-refractivity contribution < 1.29 is 9.53 Å². The van der Waals surface area contributed by atoms with Crippen LogP contribution in [0.3, 0.4) is 0 Å². The van der Waals surface area contributed by atoms with E-state index in [1.807, 2.05) is 6.07 Å². The molecule has 1 heterocycles. The molecule has 1 aromatic carbocycles. The molecule has 1 fully saturated rings. The van der Waals surface area contributed by atoms with Gasteiger partial charge < -0.3 is 10.5 Å². The van der Waals surface area contributed by atoms with Gasteiger partial charge >= 0.3 is 6.09 Å². The SMILES string of the molecule is N#CC1CN1C(=O)Oc1ccc(N)cc1. The number of nitrogens with zero attached hydrogens (tertiary/aromatic N) is 2. The van der Waals surface area contributed by atoms with Crippen LogP contribution in [0.4, 0.5) is 10.5 Å². The molecule has 0 radical (unpaired) electrons. The van der Waals surface area contributed by atoms with E-state index in [2.05, 4.69) is 0 Å².